The molecule has 0 radical (unpaired) electrons. The minimum absolute atomic E-state index is 0.0450. The largest absolute Gasteiger partial charge is 0.370 e. The first-order valence-corrected chi connectivity index (χ1v) is 6.41. The number of nitrogens with one attached hydrogen (secondary N) is 1. The lowest BCUT2D eigenvalue weighted by molar-refractivity contribution is 0.568. The van der Waals surface area contributed by atoms with Crippen LogP contribution >= 0.6 is 0 Å². The Hall–Kier alpha value is -2.04. The van der Waals surface area contributed by atoms with Crippen molar-refractivity contribution in [3.8, 4) is 11.6 Å². The first-order chi connectivity index (χ1) is 9.00. The summed E-state index contributed by atoms with van der Waals surface area (Å²) in [7, 11) is 0. The molecule has 0 aliphatic rings. The van der Waals surface area contributed by atoms with Crippen molar-refractivity contribution in [2.75, 3.05) is 11.9 Å². The van der Waals surface area contributed by atoms with Gasteiger partial charge in [0.15, 0.2) is 11.6 Å². The number of rotatable bonds is 3. The molecule has 100 valence electrons. The third kappa shape index (κ3) is 3.24. The molecule has 2 aromatic heterocycles. The topological polar surface area (TPSA) is 63.6 Å². The molecule has 5 nitrogen and oxygen atoms in total. The molecule has 0 amide bonds. The van der Waals surface area contributed by atoms with Gasteiger partial charge in [-0.1, -0.05) is 20.8 Å². The van der Waals surface area contributed by atoms with Gasteiger partial charge in [-0.25, -0.2) is 19.9 Å². The summed E-state index contributed by atoms with van der Waals surface area (Å²) in [5, 5.41) is 3.22. The van der Waals surface area contributed by atoms with Crippen molar-refractivity contribution < 1.29 is 0 Å². The molecule has 0 aliphatic carbocycles. The Morgan fingerprint density at radius 1 is 1.05 bits per heavy atom. The zero-order valence-corrected chi connectivity index (χ0v) is 11.8. The number of nitrogens with zero attached hydrogens (tertiary/aromatic N) is 4. The van der Waals surface area contributed by atoms with E-state index >= 15 is 0 Å². The van der Waals surface area contributed by atoms with Crippen molar-refractivity contribution in [1.29, 1.82) is 0 Å². The fraction of sp³-hybridized carbons (Fsp3) is 0.429. The van der Waals surface area contributed by atoms with Crippen molar-refractivity contribution in [1.82, 2.24) is 19.9 Å². The number of aromatic nitrogens is 4. The van der Waals surface area contributed by atoms with Gasteiger partial charge in [-0.05, 0) is 13.0 Å². The molecule has 1 N–H and O–H groups in total. The van der Waals surface area contributed by atoms with E-state index in [1.165, 1.54) is 0 Å². The van der Waals surface area contributed by atoms with E-state index in [0.29, 0.717) is 11.6 Å². The van der Waals surface area contributed by atoms with Gasteiger partial charge >= 0.3 is 0 Å². The first-order valence-electron chi connectivity index (χ1n) is 6.41. The number of hydrogen-bond acceptors (Lipinski definition) is 5. The van der Waals surface area contributed by atoms with Crippen LogP contribution in [0.15, 0.2) is 24.5 Å². The van der Waals surface area contributed by atoms with Crippen LogP contribution in [0, 0.1) is 0 Å². The standard InChI is InChI=1S/C14H19N5/c1-5-15-11-9-10(14(2,3)4)18-13(19-11)12-16-7-6-8-17-12/h6-9H,5H2,1-4H3,(H,15,18,19). The van der Waals surface area contributed by atoms with Crippen molar-refractivity contribution in [3.63, 3.8) is 0 Å². The molecule has 0 bridgehead atoms. The summed E-state index contributed by atoms with van der Waals surface area (Å²) >= 11 is 0. The van der Waals surface area contributed by atoms with E-state index in [2.05, 4.69) is 46.0 Å². The first kappa shape index (κ1) is 13.4. The minimum atomic E-state index is -0.0450. The van der Waals surface area contributed by atoms with Crippen molar-refractivity contribution >= 4 is 5.82 Å². The monoisotopic (exact) mass is 257 g/mol. The highest BCUT2D eigenvalue weighted by molar-refractivity contribution is 5.49. The zero-order chi connectivity index (χ0) is 13.9. The van der Waals surface area contributed by atoms with E-state index in [4.69, 9.17) is 0 Å². The second-order valence-electron chi connectivity index (χ2n) is 5.31. The average Bonchev–Trinajstić information content (AvgIpc) is 2.39. The highest BCUT2D eigenvalue weighted by Crippen LogP contribution is 2.24. The predicted octanol–water partition coefficient (Wildman–Crippen LogP) is 2.66. The maximum atomic E-state index is 4.58. The Labute approximate surface area is 113 Å². The second kappa shape index (κ2) is 5.30. The summed E-state index contributed by atoms with van der Waals surface area (Å²) < 4.78 is 0. The molecule has 2 heterocycles. The Kier molecular flexibility index (Phi) is 3.74. The number of hydrogen-bond donors (Lipinski definition) is 1. The Balaban J connectivity index is 2.52. The van der Waals surface area contributed by atoms with Gasteiger partial charge in [0.05, 0.1) is 5.69 Å². The molecular formula is C14H19N5. The van der Waals surface area contributed by atoms with Crippen LogP contribution in [0.5, 0.6) is 0 Å². The zero-order valence-electron chi connectivity index (χ0n) is 11.8. The Morgan fingerprint density at radius 2 is 1.74 bits per heavy atom. The molecule has 0 fully saturated rings. The fourth-order valence-electron chi connectivity index (χ4n) is 1.62. The van der Waals surface area contributed by atoms with Crippen LogP contribution in [0.1, 0.15) is 33.4 Å². The summed E-state index contributed by atoms with van der Waals surface area (Å²) in [6.07, 6.45) is 3.39. The molecule has 0 aliphatic heterocycles. The van der Waals surface area contributed by atoms with E-state index in [0.717, 1.165) is 18.1 Å². The lowest BCUT2D eigenvalue weighted by atomic mass is 9.92. The van der Waals surface area contributed by atoms with Gasteiger partial charge in [0, 0.05) is 30.4 Å². The summed E-state index contributed by atoms with van der Waals surface area (Å²) in [6.45, 7) is 9.23. The molecule has 0 spiro atoms. The molecule has 0 saturated carbocycles. The number of anilines is 1. The highest BCUT2D eigenvalue weighted by Gasteiger charge is 2.19. The smallest absolute Gasteiger partial charge is 0.199 e. The van der Waals surface area contributed by atoms with E-state index in [-0.39, 0.29) is 5.41 Å². The Bertz CT molecular complexity index is 546. The van der Waals surface area contributed by atoms with Gasteiger partial charge in [-0.15, -0.1) is 0 Å². The molecule has 0 unspecified atom stereocenters. The van der Waals surface area contributed by atoms with Gasteiger partial charge in [0.2, 0.25) is 0 Å². The third-order valence-electron chi connectivity index (χ3n) is 2.62. The summed E-state index contributed by atoms with van der Waals surface area (Å²) in [6, 6.07) is 3.76. The van der Waals surface area contributed by atoms with E-state index in [1.54, 1.807) is 18.5 Å². The normalized spacial score (nSPS) is 11.4. The maximum Gasteiger partial charge on any atom is 0.199 e. The molecule has 0 aromatic carbocycles. The SMILES string of the molecule is CCNc1cc(C(C)(C)C)nc(-c2ncccn2)n1. The molecule has 5 heteroatoms. The molecule has 19 heavy (non-hydrogen) atoms. The van der Waals surface area contributed by atoms with Crippen LogP contribution in [-0.2, 0) is 5.41 Å². The quantitative estimate of drug-likeness (QED) is 0.915. The molecule has 2 rings (SSSR count). The van der Waals surface area contributed by atoms with Gasteiger partial charge in [-0.3, -0.25) is 0 Å². The molecule has 0 saturated heterocycles. The van der Waals surface area contributed by atoms with Gasteiger partial charge in [0.1, 0.15) is 5.82 Å². The van der Waals surface area contributed by atoms with E-state index in [1.807, 2.05) is 13.0 Å². The maximum absolute atomic E-state index is 4.58. The fourth-order valence-corrected chi connectivity index (χ4v) is 1.62. The summed E-state index contributed by atoms with van der Waals surface area (Å²) in [4.78, 5) is 17.5. The lowest BCUT2D eigenvalue weighted by Gasteiger charge is -2.19. The van der Waals surface area contributed by atoms with Crippen LogP contribution in [0.3, 0.4) is 0 Å². The van der Waals surface area contributed by atoms with Crippen LogP contribution in [0.4, 0.5) is 5.82 Å². The van der Waals surface area contributed by atoms with Gasteiger partial charge < -0.3 is 5.32 Å². The lowest BCUT2D eigenvalue weighted by Crippen LogP contribution is -2.16. The molecule has 0 atom stereocenters. The van der Waals surface area contributed by atoms with Crippen LogP contribution in [0.2, 0.25) is 0 Å². The van der Waals surface area contributed by atoms with Gasteiger partial charge in [0.25, 0.3) is 0 Å². The minimum Gasteiger partial charge on any atom is -0.370 e. The van der Waals surface area contributed by atoms with Crippen LogP contribution in [-0.4, -0.2) is 26.5 Å². The van der Waals surface area contributed by atoms with Crippen molar-refractivity contribution in [2.45, 2.75) is 33.1 Å². The van der Waals surface area contributed by atoms with Crippen LogP contribution < -0.4 is 5.32 Å². The molecular weight excluding hydrogens is 238 g/mol. The van der Waals surface area contributed by atoms with Crippen molar-refractivity contribution in [3.05, 3.63) is 30.2 Å². The van der Waals surface area contributed by atoms with Crippen molar-refractivity contribution in [2.24, 2.45) is 0 Å². The molecule has 2 aromatic rings. The van der Waals surface area contributed by atoms with E-state index in [9.17, 15) is 0 Å². The second-order valence-corrected chi connectivity index (χ2v) is 5.31. The summed E-state index contributed by atoms with van der Waals surface area (Å²) in [5.41, 5.74) is 0.928. The van der Waals surface area contributed by atoms with Crippen LogP contribution in [0.25, 0.3) is 11.6 Å². The third-order valence-corrected chi connectivity index (χ3v) is 2.62. The van der Waals surface area contributed by atoms with Gasteiger partial charge in [-0.2, -0.15) is 0 Å². The average molecular weight is 257 g/mol. The predicted molar refractivity (Wildman–Crippen MR) is 75.9 cm³/mol. The van der Waals surface area contributed by atoms with E-state index < -0.39 is 0 Å². The highest BCUT2D eigenvalue weighted by atomic mass is 15.1. The Morgan fingerprint density at radius 3 is 2.32 bits per heavy atom. The summed E-state index contributed by atoms with van der Waals surface area (Å²) in [5.74, 6) is 1.92.